The normalized spacial score (nSPS) is 9.82. The molecule has 4 aromatic rings. The number of para-hydroxylation sites is 1. The van der Waals surface area contributed by atoms with Crippen molar-refractivity contribution in [2.75, 3.05) is 0 Å². The van der Waals surface area contributed by atoms with E-state index in [1.54, 1.807) is 6.33 Å². The van der Waals surface area contributed by atoms with Crippen LogP contribution in [0.3, 0.4) is 0 Å². The van der Waals surface area contributed by atoms with Crippen LogP contribution >= 0.6 is 0 Å². The Morgan fingerprint density at radius 1 is 0.545 bits per heavy atom. The molecule has 0 amide bonds. The van der Waals surface area contributed by atoms with Gasteiger partial charge in [0.25, 0.3) is 0 Å². The molecule has 1 heterocycles. The number of fused-ring (bicyclic) bond motifs is 1. The first-order valence-electron chi connectivity index (χ1n) is 7.19. The van der Waals surface area contributed by atoms with Gasteiger partial charge in [0.1, 0.15) is 6.33 Å². The van der Waals surface area contributed by atoms with Crippen molar-refractivity contribution in [1.82, 2.24) is 9.97 Å². The lowest BCUT2D eigenvalue weighted by Gasteiger charge is -1.98. The summed E-state index contributed by atoms with van der Waals surface area (Å²) < 4.78 is 0. The van der Waals surface area contributed by atoms with Crippen LogP contribution in [-0.4, -0.2) is 9.97 Å². The molecule has 0 atom stereocenters. The second kappa shape index (κ2) is 7.14. The highest BCUT2D eigenvalue weighted by Crippen LogP contribution is 2.17. The molecule has 0 spiro atoms. The second-order valence-corrected chi connectivity index (χ2v) is 4.81. The summed E-state index contributed by atoms with van der Waals surface area (Å²) in [6, 6.07) is 28.7. The molecular weight excluding hydrogens is 268 g/mol. The standard InChI is InChI=1S/C12H10.C8H6N2/c1-3-7-11(8-4-1)12-9-5-2-6-10-12;1-2-4-8-7(3-1)5-9-6-10-8/h1-10H;1-6H. The lowest BCUT2D eigenvalue weighted by Crippen LogP contribution is -1.77. The van der Waals surface area contributed by atoms with Gasteiger partial charge in [-0.3, -0.25) is 0 Å². The van der Waals surface area contributed by atoms with Crippen LogP contribution in [0.15, 0.2) is 97.5 Å². The molecule has 3 aromatic carbocycles. The highest BCUT2D eigenvalue weighted by Gasteiger charge is 1.91. The number of benzene rings is 3. The first kappa shape index (κ1) is 14.0. The minimum absolute atomic E-state index is 0.998. The monoisotopic (exact) mass is 284 g/mol. The molecule has 0 fully saturated rings. The van der Waals surface area contributed by atoms with Gasteiger partial charge in [-0.1, -0.05) is 78.9 Å². The summed E-state index contributed by atoms with van der Waals surface area (Å²) in [5, 5.41) is 1.09. The predicted molar refractivity (Wildman–Crippen MR) is 91.4 cm³/mol. The Labute approximate surface area is 130 Å². The van der Waals surface area contributed by atoms with E-state index in [0.717, 1.165) is 10.9 Å². The SMILES string of the molecule is c1ccc(-c2ccccc2)cc1.c1ccc2ncncc2c1. The minimum atomic E-state index is 0.998. The Kier molecular flexibility index (Phi) is 4.53. The molecular formula is C20H16N2. The zero-order chi connectivity index (χ0) is 15.0. The number of rotatable bonds is 1. The maximum atomic E-state index is 4.07. The van der Waals surface area contributed by atoms with Crippen LogP contribution in [0.1, 0.15) is 0 Å². The van der Waals surface area contributed by atoms with Crippen LogP contribution < -0.4 is 0 Å². The van der Waals surface area contributed by atoms with E-state index in [1.807, 2.05) is 42.6 Å². The van der Waals surface area contributed by atoms with Crippen molar-refractivity contribution < 1.29 is 0 Å². The Bertz CT molecular complexity index is 724. The Balaban J connectivity index is 0.000000133. The van der Waals surface area contributed by atoms with Crippen molar-refractivity contribution in [2.24, 2.45) is 0 Å². The average Bonchev–Trinajstić information content (AvgIpc) is 2.64. The fourth-order valence-electron chi connectivity index (χ4n) is 2.18. The number of nitrogens with zero attached hydrogens (tertiary/aromatic N) is 2. The third-order valence-electron chi connectivity index (χ3n) is 3.29. The molecule has 0 radical (unpaired) electrons. The molecule has 2 nitrogen and oxygen atoms in total. The van der Waals surface area contributed by atoms with Crippen molar-refractivity contribution in [2.45, 2.75) is 0 Å². The quantitative estimate of drug-likeness (QED) is 0.492. The summed E-state index contributed by atoms with van der Waals surface area (Å²) in [5.74, 6) is 0. The van der Waals surface area contributed by atoms with Crippen molar-refractivity contribution in [3.05, 3.63) is 97.5 Å². The van der Waals surface area contributed by atoms with Gasteiger partial charge in [-0.05, 0) is 17.2 Å². The van der Waals surface area contributed by atoms with Gasteiger partial charge in [0, 0.05) is 11.6 Å². The maximum Gasteiger partial charge on any atom is 0.116 e. The lowest BCUT2D eigenvalue weighted by molar-refractivity contribution is 1.22. The van der Waals surface area contributed by atoms with E-state index in [0.29, 0.717) is 0 Å². The Morgan fingerprint density at radius 2 is 1.09 bits per heavy atom. The molecule has 106 valence electrons. The fourth-order valence-corrected chi connectivity index (χ4v) is 2.18. The first-order chi connectivity index (χ1) is 10.9. The molecule has 0 bridgehead atoms. The average molecular weight is 284 g/mol. The number of hydrogen-bond acceptors (Lipinski definition) is 2. The second-order valence-electron chi connectivity index (χ2n) is 4.81. The number of hydrogen-bond donors (Lipinski definition) is 0. The van der Waals surface area contributed by atoms with Gasteiger partial charge < -0.3 is 0 Å². The van der Waals surface area contributed by atoms with E-state index >= 15 is 0 Å². The van der Waals surface area contributed by atoms with Crippen LogP contribution in [0.25, 0.3) is 22.0 Å². The van der Waals surface area contributed by atoms with E-state index < -0.39 is 0 Å². The van der Waals surface area contributed by atoms with E-state index in [1.165, 1.54) is 11.1 Å². The first-order valence-corrected chi connectivity index (χ1v) is 7.19. The third-order valence-corrected chi connectivity index (χ3v) is 3.29. The Hall–Kier alpha value is -3.00. The van der Waals surface area contributed by atoms with Crippen LogP contribution in [0.5, 0.6) is 0 Å². The zero-order valence-electron chi connectivity index (χ0n) is 12.1. The molecule has 22 heavy (non-hydrogen) atoms. The van der Waals surface area contributed by atoms with E-state index in [9.17, 15) is 0 Å². The van der Waals surface area contributed by atoms with Gasteiger partial charge in [-0.15, -0.1) is 0 Å². The summed E-state index contributed by atoms with van der Waals surface area (Å²) in [7, 11) is 0. The van der Waals surface area contributed by atoms with Crippen molar-refractivity contribution in [3.8, 4) is 11.1 Å². The third kappa shape index (κ3) is 3.55. The van der Waals surface area contributed by atoms with Crippen LogP contribution in [0.2, 0.25) is 0 Å². The summed E-state index contributed by atoms with van der Waals surface area (Å²) in [6.45, 7) is 0. The molecule has 0 N–H and O–H groups in total. The van der Waals surface area contributed by atoms with Crippen molar-refractivity contribution >= 4 is 10.9 Å². The smallest absolute Gasteiger partial charge is 0.116 e. The summed E-state index contributed by atoms with van der Waals surface area (Å²) in [5.41, 5.74) is 3.55. The molecule has 0 saturated carbocycles. The van der Waals surface area contributed by atoms with Gasteiger partial charge in [0.15, 0.2) is 0 Å². The van der Waals surface area contributed by atoms with Crippen LogP contribution in [0, 0.1) is 0 Å². The lowest BCUT2D eigenvalue weighted by atomic mass is 10.1. The molecule has 0 aliphatic carbocycles. The van der Waals surface area contributed by atoms with Crippen molar-refractivity contribution in [3.63, 3.8) is 0 Å². The molecule has 0 saturated heterocycles. The zero-order valence-corrected chi connectivity index (χ0v) is 12.1. The van der Waals surface area contributed by atoms with Gasteiger partial charge >= 0.3 is 0 Å². The highest BCUT2D eigenvalue weighted by atomic mass is 14.8. The summed E-state index contributed by atoms with van der Waals surface area (Å²) >= 11 is 0. The highest BCUT2D eigenvalue weighted by molar-refractivity contribution is 5.76. The summed E-state index contributed by atoms with van der Waals surface area (Å²) in [4.78, 5) is 7.97. The molecule has 0 aliphatic heterocycles. The van der Waals surface area contributed by atoms with Crippen LogP contribution in [0.4, 0.5) is 0 Å². The maximum absolute atomic E-state index is 4.07. The summed E-state index contributed by atoms with van der Waals surface area (Å²) in [6.07, 6.45) is 3.37. The molecule has 1 aromatic heterocycles. The predicted octanol–water partition coefficient (Wildman–Crippen LogP) is 4.98. The van der Waals surface area contributed by atoms with Gasteiger partial charge in [-0.25, -0.2) is 9.97 Å². The number of aromatic nitrogens is 2. The van der Waals surface area contributed by atoms with E-state index in [4.69, 9.17) is 0 Å². The minimum Gasteiger partial charge on any atom is -0.244 e. The van der Waals surface area contributed by atoms with Crippen LogP contribution in [-0.2, 0) is 0 Å². The van der Waals surface area contributed by atoms with Gasteiger partial charge in [0.05, 0.1) is 5.52 Å². The molecule has 4 rings (SSSR count). The fraction of sp³-hybridized carbons (Fsp3) is 0. The largest absolute Gasteiger partial charge is 0.244 e. The topological polar surface area (TPSA) is 25.8 Å². The van der Waals surface area contributed by atoms with Crippen molar-refractivity contribution in [1.29, 1.82) is 0 Å². The van der Waals surface area contributed by atoms with Gasteiger partial charge in [-0.2, -0.15) is 0 Å². The Morgan fingerprint density at radius 3 is 1.68 bits per heavy atom. The van der Waals surface area contributed by atoms with E-state index in [2.05, 4.69) is 58.5 Å². The van der Waals surface area contributed by atoms with E-state index in [-0.39, 0.29) is 0 Å². The molecule has 2 heteroatoms. The van der Waals surface area contributed by atoms with Gasteiger partial charge in [0.2, 0.25) is 0 Å². The molecule has 0 aliphatic rings. The molecule has 0 unspecified atom stereocenters.